The Balaban J connectivity index is 3.00. The van der Waals surface area contributed by atoms with E-state index in [4.69, 9.17) is 10.8 Å². The van der Waals surface area contributed by atoms with Crippen LogP contribution in [0.5, 0.6) is 5.75 Å². The highest BCUT2D eigenvalue weighted by Crippen LogP contribution is 2.27. The average molecular weight is 504 g/mol. The Morgan fingerprint density at radius 1 is 1.30 bits per heavy atom. The van der Waals surface area contributed by atoms with Gasteiger partial charge in [0.25, 0.3) is 5.91 Å². The zero-order valence-corrected chi connectivity index (χ0v) is 14.2. The smallest absolute Gasteiger partial charge is 0.326 e. The number of benzene rings is 1. The maximum absolute atomic E-state index is 12.0. The van der Waals surface area contributed by atoms with Crippen LogP contribution in [0.2, 0.25) is 0 Å². The highest BCUT2D eigenvalue weighted by Gasteiger charge is 2.24. The van der Waals surface area contributed by atoms with Crippen molar-refractivity contribution in [2.75, 3.05) is 0 Å². The molecule has 0 saturated heterocycles. The number of hydrogen-bond donors (Lipinski definition) is 4. The van der Waals surface area contributed by atoms with Gasteiger partial charge in [-0.25, -0.2) is 4.79 Å². The molecule has 20 heavy (non-hydrogen) atoms. The van der Waals surface area contributed by atoms with Crippen molar-refractivity contribution < 1.29 is 24.6 Å². The molecule has 7 nitrogen and oxygen atoms in total. The fourth-order valence-corrected chi connectivity index (χ4v) is 3.22. The number of phenols is 1. The van der Waals surface area contributed by atoms with Crippen LogP contribution in [0.25, 0.3) is 0 Å². The number of aliphatic carboxylic acids is 1. The number of carbonyl (C=O) groups excluding carboxylic acids is 2. The lowest BCUT2D eigenvalue weighted by Gasteiger charge is -2.14. The zero-order chi connectivity index (χ0) is 15.4. The Kier molecular flexibility index (Phi) is 5.98. The molecule has 0 saturated carbocycles. The van der Waals surface area contributed by atoms with Crippen LogP contribution >= 0.6 is 45.2 Å². The summed E-state index contributed by atoms with van der Waals surface area (Å²) in [6.07, 6.45) is -0.525. The molecule has 0 aliphatic rings. The van der Waals surface area contributed by atoms with Crippen molar-refractivity contribution in [1.82, 2.24) is 5.32 Å². The van der Waals surface area contributed by atoms with Crippen LogP contribution in [0.4, 0.5) is 0 Å². The molecule has 0 heterocycles. The van der Waals surface area contributed by atoms with Gasteiger partial charge in [-0.05, 0) is 57.3 Å². The number of rotatable bonds is 5. The van der Waals surface area contributed by atoms with Gasteiger partial charge in [0.15, 0.2) is 0 Å². The first-order valence-electron chi connectivity index (χ1n) is 5.22. The number of hydrogen-bond acceptors (Lipinski definition) is 4. The fourth-order valence-electron chi connectivity index (χ4n) is 1.38. The highest BCUT2D eigenvalue weighted by molar-refractivity contribution is 14.1. The van der Waals surface area contributed by atoms with Crippen molar-refractivity contribution in [3.63, 3.8) is 0 Å². The summed E-state index contributed by atoms with van der Waals surface area (Å²) in [5.74, 6) is -3.25. The van der Waals surface area contributed by atoms with E-state index in [9.17, 15) is 19.5 Å². The second kappa shape index (κ2) is 7.06. The lowest BCUT2D eigenvalue weighted by atomic mass is 10.1. The number of nitrogens with two attached hydrogens (primary N) is 1. The SMILES string of the molecule is NC(=O)C[C@@H](NC(=O)c1cc(I)cc(I)c1O)C(=O)O. The third-order valence-electron chi connectivity index (χ3n) is 2.28. The van der Waals surface area contributed by atoms with Gasteiger partial charge in [-0.2, -0.15) is 0 Å². The molecule has 5 N–H and O–H groups in total. The Morgan fingerprint density at radius 3 is 2.40 bits per heavy atom. The van der Waals surface area contributed by atoms with Gasteiger partial charge in [0.05, 0.1) is 15.6 Å². The topological polar surface area (TPSA) is 130 Å². The Morgan fingerprint density at radius 2 is 1.90 bits per heavy atom. The molecule has 0 bridgehead atoms. The number of carboxylic acids is 1. The van der Waals surface area contributed by atoms with Crippen molar-refractivity contribution >= 4 is 63.0 Å². The fraction of sp³-hybridized carbons (Fsp3) is 0.182. The first-order valence-corrected chi connectivity index (χ1v) is 7.38. The highest BCUT2D eigenvalue weighted by atomic mass is 127. The molecule has 0 radical (unpaired) electrons. The van der Waals surface area contributed by atoms with E-state index in [-0.39, 0.29) is 11.3 Å². The summed E-state index contributed by atoms with van der Waals surface area (Å²) in [7, 11) is 0. The Hall–Kier alpha value is -1.11. The van der Waals surface area contributed by atoms with Crippen LogP contribution in [-0.4, -0.2) is 34.0 Å². The normalized spacial score (nSPS) is 11.7. The van der Waals surface area contributed by atoms with Crippen LogP contribution in [0.3, 0.4) is 0 Å². The predicted octanol–water partition coefficient (Wildman–Crippen LogP) is 0.660. The molecule has 108 valence electrons. The largest absolute Gasteiger partial charge is 0.506 e. The summed E-state index contributed by atoms with van der Waals surface area (Å²) >= 11 is 3.81. The molecule has 1 aromatic carbocycles. The minimum atomic E-state index is -1.44. The summed E-state index contributed by atoms with van der Waals surface area (Å²) in [6, 6.07) is 1.64. The van der Waals surface area contributed by atoms with Gasteiger partial charge in [-0.3, -0.25) is 9.59 Å². The number of halogens is 2. The number of carboxylic acid groups (broad SMARTS) is 1. The van der Waals surface area contributed by atoms with Gasteiger partial charge in [0, 0.05) is 3.57 Å². The van der Waals surface area contributed by atoms with Crippen molar-refractivity contribution in [3.8, 4) is 5.75 Å². The molecule has 0 unspecified atom stereocenters. The number of carbonyl (C=O) groups is 3. The molecule has 1 rings (SSSR count). The van der Waals surface area contributed by atoms with E-state index < -0.39 is 30.2 Å². The number of nitrogens with one attached hydrogen (secondary N) is 1. The second-order valence-electron chi connectivity index (χ2n) is 3.82. The second-order valence-corrected chi connectivity index (χ2v) is 6.23. The maximum Gasteiger partial charge on any atom is 0.326 e. The minimum Gasteiger partial charge on any atom is -0.506 e. The lowest BCUT2D eigenvalue weighted by Crippen LogP contribution is -2.43. The van der Waals surface area contributed by atoms with Crippen molar-refractivity contribution in [1.29, 1.82) is 0 Å². The van der Waals surface area contributed by atoms with Crippen molar-refractivity contribution in [3.05, 3.63) is 24.8 Å². The van der Waals surface area contributed by atoms with E-state index in [0.717, 1.165) is 0 Å². The molecule has 0 fully saturated rings. The van der Waals surface area contributed by atoms with Gasteiger partial charge >= 0.3 is 5.97 Å². The Labute approximate surface area is 141 Å². The number of aromatic hydroxyl groups is 1. The lowest BCUT2D eigenvalue weighted by molar-refractivity contribution is -0.140. The molecule has 9 heteroatoms. The first-order chi connectivity index (χ1) is 9.22. The molecule has 1 aromatic rings. The summed E-state index contributed by atoms with van der Waals surface area (Å²) in [5.41, 5.74) is 4.86. The minimum absolute atomic E-state index is 0.0583. The summed E-state index contributed by atoms with van der Waals surface area (Å²) < 4.78 is 1.16. The monoisotopic (exact) mass is 504 g/mol. The molecular formula is C11H10I2N2O5. The van der Waals surface area contributed by atoms with Gasteiger partial charge in [-0.1, -0.05) is 0 Å². The average Bonchev–Trinajstić information content (AvgIpc) is 2.32. The quantitative estimate of drug-likeness (QED) is 0.439. The third kappa shape index (κ3) is 4.47. The van der Waals surface area contributed by atoms with Crippen LogP contribution < -0.4 is 11.1 Å². The van der Waals surface area contributed by atoms with E-state index in [2.05, 4.69) is 5.32 Å². The van der Waals surface area contributed by atoms with Gasteiger partial charge in [-0.15, -0.1) is 0 Å². The standard InChI is InChI=1S/C11H10I2N2O5/c12-4-1-5(9(17)6(13)2-4)10(18)15-7(11(19)20)3-8(14)16/h1-2,7,17H,3H2,(H2,14,16)(H,15,18)(H,19,20)/t7-/m1/s1. The van der Waals surface area contributed by atoms with Gasteiger partial charge in [0.1, 0.15) is 11.8 Å². The van der Waals surface area contributed by atoms with Gasteiger partial charge < -0.3 is 21.3 Å². The van der Waals surface area contributed by atoms with E-state index in [1.54, 1.807) is 6.07 Å². The van der Waals surface area contributed by atoms with E-state index in [1.165, 1.54) is 6.07 Å². The first kappa shape index (κ1) is 16.9. The molecule has 2 amide bonds. The van der Waals surface area contributed by atoms with Crippen molar-refractivity contribution in [2.45, 2.75) is 12.5 Å². The molecule has 0 aromatic heterocycles. The van der Waals surface area contributed by atoms with Crippen LogP contribution in [0, 0.1) is 7.14 Å². The van der Waals surface area contributed by atoms with E-state index in [1.807, 2.05) is 45.2 Å². The summed E-state index contributed by atoms with van der Waals surface area (Å²) in [6.45, 7) is 0. The molecular weight excluding hydrogens is 494 g/mol. The van der Waals surface area contributed by atoms with Crippen LogP contribution in [0.15, 0.2) is 12.1 Å². The Bertz CT molecular complexity index is 576. The molecule has 0 aliphatic carbocycles. The summed E-state index contributed by atoms with van der Waals surface area (Å²) in [5, 5.41) is 20.9. The van der Waals surface area contributed by atoms with E-state index >= 15 is 0 Å². The predicted molar refractivity (Wildman–Crippen MR) is 86.2 cm³/mol. The number of primary amides is 1. The maximum atomic E-state index is 12.0. The van der Waals surface area contributed by atoms with Crippen molar-refractivity contribution in [2.24, 2.45) is 5.73 Å². The number of phenolic OH excluding ortho intramolecular Hbond substituents is 1. The van der Waals surface area contributed by atoms with Gasteiger partial charge in [0.2, 0.25) is 5.91 Å². The molecule has 0 aliphatic heterocycles. The molecule has 1 atom stereocenters. The summed E-state index contributed by atoms with van der Waals surface area (Å²) in [4.78, 5) is 33.7. The molecule has 0 spiro atoms. The third-order valence-corrected chi connectivity index (χ3v) is 3.73. The zero-order valence-electron chi connectivity index (χ0n) is 9.89. The van der Waals surface area contributed by atoms with E-state index in [0.29, 0.717) is 7.14 Å². The van der Waals surface area contributed by atoms with Crippen LogP contribution in [-0.2, 0) is 9.59 Å². The van der Waals surface area contributed by atoms with Crippen LogP contribution in [0.1, 0.15) is 16.8 Å². The number of amides is 2.